The first-order valence-corrected chi connectivity index (χ1v) is 10.7. The van der Waals surface area contributed by atoms with E-state index in [2.05, 4.69) is 5.32 Å². The Morgan fingerprint density at radius 2 is 1.75 bits per heavy atom. The molecule has 0 spiro atoms. The molecule has 2 aromatic carbocycles. The van der Waals surface area contributed by atoms with Crippen LogP contribution in [0, 0.1) is 11.7 Å². The molecule has 1 saturated heterocycles. The van der Waals surface area contributed by atoms with E-state index in [1.54, 1.807) is 24.3 Å². The zero-order chi connectivity index (χ0) is 23.3. The normalized spacial score (nSPS) is 16.1. The lowest BCUT2D eigenvalue weighted by Gasteiger charge is -2.23. The highest BCUT2D eigenvalue weighted by Gasteiger charge is 2.46. The second kappa shape index (κ2) is 10.3. The molecule has 0 aromatic heterocycles. The third-order valence-electron chi connectivity index (χ3n) is 4.95. The third kappa shape index (κ3) is 5.43. The number of hydrogen-bond acceptors (Lipinski definition) is 4. The van der Waals surface area contributed by atoms with Crippen molar-refractivity contribution >= 4 is 29.2 Å². The molecule has 0 radical (unpaired) electrons. The monoisotopic (exact) mass is 441 g/mol. The molecule has 0 saturated carbocycles. The Kier molecular flexibility index (Phi) is 7.45. The van der Waals surface area contributed by atoms with Crippen molar-refractivity contribution in [2.75, 3.05) is 23.4 Å². The van der Waals surface area contributed by atoms with E-state index in [0.717, 1.165) is 11.3 Å². The summed E-state index contributed by atoms with van der Waals surface area (Å²) in [5.74, 6) is -0.539. The van der Waals surface area contributed by atoms with Gasteiger partial charge in [-0.3, -0.25) is 9.59 Å². The summed E-state index contributed by atoms with van der Waals surface area (Å²) in [6, 6.07) is 10.7. The lowest BCUT2D eigenvalue weighted by Crippen LogP contribution is -2.40. The van der Waals surface area contributed by atoms with Crippen LogP contribution >= 0.6 is 0 Å². The van der Waals surface area contributed by atoms with E-state index >= 15 is 0 Å². The van der Waals surface area contributed by atoms with Crippen LogP contribution in [0.3, 0.4) is 0 Å². The Hall–Kier alpha value is -3.42. The van der Waals surface area contributed by atoms with Crippen LogP contribution < -0.4 is 15.0 Å². The molecule has 1 heterocycles. The molecule has 32 heavy (non-hydrogen) atoms. The number of rotatable bonds is 9. The average Bonchev–Trinajstić information content (AvgIpc) is 2.97. The fourth-order valence-electron chi connectivity index (χ4n) is 3.50. The molecule has 0 aliphatic carbocycles. The Morgan fingerprint density at radius 1 is 1.09 bits per heavy atom. The fraction of sp³-hybridized carbons (Fsp3) is 0.375. The third-order valence-corrected chi connectivity index (χ3v) is 4.95. The van der Waals surface area contributed by atoms with Gasteiger partial charge in [-0.1, -0.05) is 20.8 Å². The van der Waals surface area contributed by atoms with Crippen LogP contribution in [0.5, 0.6) is 5.75 Å². The number of carbonyl (C=O) groups is 3. The van der Waals surface area contributed by atoms with Gasteiger partial charge in [0.25, 0.3) is 5.91 Å². The first-order chi connectivity index (χ1) is 15.3. The number of urea groups is 1. The van der Waals surface area contributed by atoms with E-state index in [1.165, 1.54) is 29.2 Å². The van der Waals surface area contributed by atoms with Gasteiger partial charge in [0, 0.05) is 12.2 Å². The smallest absolute Gasteiger partial charge is 0.332 e. The van der Waals surface area contributed by atoms with Crippen LogP contribution in [-0.2, 0) is 9.59 Å². The van der Waals surface area contributed by atoms with Gasteiger partial charge in [0.05, 0.1) is 18.7 Å². The molecule has 1 fully saturated rings. The van der Waals surface area contributed by atoms with E-state index in [4.69, 9.17) is 4.74 Å². The summed E-state index contributed by atoms with van der Waals surface area (Å²) >= 11 is 0. The van der Waals surface area contributed by atoms with Gasteiger partial charge >= 0.3 is 6.03 Å². The van der Waals surface area contributed by atoms with Crippen molar-refractivity contribution in [1.82, 2.24) is 4.90 Å². The number of anilines is 2. The summed E-state index contributed by atoms with van der Waals surface area (Å²) in [5.41, 5.74) is 0.849. The number of nitrogens with zero attached hydrogens (tertiary/aromatic N) is 2. The molecule has 2 aromatic rings. The summed E-state index contributed by atoms with van der Waals surface area (Å²) in [6.07, 6.45) is 0.720. The van der Waals surface area contributed by atoms with Crippen molar-refractivity contribution in [3.05, 3.63) is 54.3 Å². The van der Waals surface area contributed by atoms with E-state index in [1.807, 2.05) is 20.8 Å². The van der Waals surface area contributed by atoms with E-state index in [-0.39, 0.29) is 23.9 Å². The van der Waals surface area contributed by atoms with E-state index in [9.17, 15) is 18.8 Å². The summed E-state index contributed by atoms with van der Waals surface area (Å²) < 4.78 is 18.8. The van der Waals surface area contributed by atoms with Gasteiger partial charge in [0.15, 0.2) is 0 Å². The molecular weight excluding hydrogens is 413 g/mol. The number of hydrogen-bond donors (Lipinski definition) is 1. The van der Waals surface area contributed by atoms with Crippen molar-refractivity contribution in [2.24, 2.45) is 5.92 Å². The minimum atomic E-state index is -0.929. The van der Waals surface area contributed by atoms with Gasteiger partial charge in [0.2, 0.25) is 5.91 Å². The van der Waals surface area contributed by atoms with Crippen LogP contribution in [0.25, 0.3) is 0 Å². The summed E-state index contributed by atoms with van der Waals surface area (Å²) in [5, 5.41) is 2.77. The van der Waals surface area contributed by atoms with E-state index in [0.29, 0.717) is 24.6 Å². The maximum Gasteiger partial charge on any atom is 0.332 e. The van der Waals surface area contributed by atoms with Crippen LogP contribution in [0.2, 0.25) is 0 Å². The van der Waals surface area contributed by atoms with Gasteiger partial charge < -0.3 is 15.0 Å². The molecule has 1 atom stereocenters. The minimum absolute atomic E-state index is 0.0983. The van der Waals surface area contributed by atoms with E-state index < -0.39 is 23.8 Å². The second-order valence-electron chi connectivity index (χ2n) is 8.12. The lowest BCUT2D eigenvalue weighted by molar-refractivity contribution is -0.124. The molecule has 1 aliphatic rings. The molecule has 0 bridgehead atoms. The number of halogens is 1. The molecule has 1 aliphatic heterocycles. The number of amides is 4. The maximum absolute atomic E-state index is 13.3. The quantitative estimate of drug-likeness (QED) is 0.584. The molecule has 4 amide bonds. The highest BCUT2D eigenvalue weighted by molar-refractivity contribution is 6.22. The lowest BCUT2D eigenvalue weighted by atomic mass is 10.1. The topological polar surface area (TPSA) is 79.0 Å². The molecule has 170 valence electrons. The Bertz CT molecular complexity index is 960. The van der Waals surface area contributed by atoms with Crippen molar-refractivity contribution < 1.29 is 23.5 Å². The number of imide groups is 1. The molecular formula is C24H28FN3O4. The van der Waals surface area contributed by atoms with Crippen LogP contribution in [0.15, 0.2) is 48.5 Å². The summed E-state index contributed by atoms with van der Waals surface area (Å²) in [7, 11) is 0. The highest BCUT2D eigenvalue weighted by Crippen LogP contribution is 2.28. The first-order valence-electron chi connectivity index (χ1n) is 10.7. The van der Waals surface area contributed by atoms with Crippen LogP contribution in [0.4, 0.5) is 20.6 Å². The van der Waals surface area contributed by atoms with Gasteiger partial charge in [-0.2, -0.15) is 0 Å². The van der Waals surface area contributed by atoms with Crippen LogP contribution in [-0.4, -0.2) is 41.9 Å². The predicted octanol–water partition coefficient (Wildman–Crippen LogP) is 4.44. The zero-order valence-corrected chi connectivity index (χ0v) is 18.5. The number of nitrogens with one attached hydrogen (secondary N) is 1. The molecule has 8 heteroatoms. The molecule has 1 unspecified atom stereocenters. The van der Waals surface area contributed by atoms with Crippen LogP contribution in [0.1, 0.15) is 33.6 Å². The SMILES string of the molecule is CCCOc1ccc(NC(=O)CC2C(=O)N(c3ccc(F)cc3)C(=O)N2CC(C)C)cc1. The Balaban J connectivity index is 1.73. The second-order valence-corrected chi connectivity index (χ2v) is 8.12. The number of benzene rings is 2. The fourth-order valence-corrected chi connectivity index (χ4v) is 3.50. The van der Waals surface area contributed by atoms with Crippen molar-refractivity contribution in [3.63, 3.8) is 0 Å². The molecule has 1 N–H and O–H groups in total. The average molecular weight is 442 g/mol. The molecule has 7 nitrogen and oxygen atoms in total. The Morgan fingerprint density at radius 3 is 2.34 bits per heavy atom. The van der Waals surface area contributed by atoms with Gasteiger partial charge in [-0.05, 0) is 60.9 Å². The zero-order valence-electron chi connectivity index (χ0n) is 18.5. The standard InChI is InChI=1S/C24H28FN3O4/c1-4-13-32-20-11-7-18(8-12-20)26-22(29)14-21-23(30)28(19-9-5-17(25)6-10-19)24(31)27(21)15-16(2)3/h5-12,16,21H,4,13-15H2,1-3H3,(H,26,29). The molecule has 3 rings (SSSR count). The summed E-state index contributed by atoms with van der Waals surface area (Å²) in [4.78, 5) is 41.2. The summed E-state index contributed by atoms with van der Waals surface area (Å²) in [6.45, 7) is 6.81. The maximum atomic E-state index is 13.3. The highest BCUT2D eigenvalue weighted by atomic mass is 19.1. The van der Waals surface area contributed by atoms with Crippen molar-refractivity contribution in [2.45, 2.75) is 39.7 Å². The minimum Gasteiger partial charge on any atom is -0.494 e. The number of carbonyl (C=O) groups excluding carboxylic acids is 3. The number of ether oxygens (including phenoxy) is 1. The van der Waals surface area contributed by atoms with Gasteiger partial charge in [-0.15, -0.1) is 0 Å². The van der Waals surface area contributed by atoms with Crippen molar-refractivity contribution in [1.29, 1.82) is 0 Å². The Labute approximate surface area is 187 Å². The van der Waals surface area contributed by atoms with Gasteiger partial charge in [0.1, 0.15) is 17.6 Å². The largest absolute Gasteiger partial charge is 0.494 e. The van der Waals surface area contributed by atoms with Gasteiger partial charge in [-0.25, -0.2) is 14.1 Å². The van der Waals surface area contributed by atoms with Crippen molar-refractivity contribution in [3.8, 4) is 5.75 Å². The first kappa shape index (κ1) is 23.2. The predicted molar refractivity (Wildman–Crippen MR) is 120 cm³/mol.